The van der Waals surface area contributed by atoms with Crippen molar-refractivity contribution in [1.82, 2.24) is 16.0 Å². The van der Waals surface area contributed by atoms with Crippen LogP contribution in [-0.2, 0) is 4.79 Å². The number of rotatable bonds is 7. The van der Waals surface area contributed by atoms with Crippen LogP contribution < -0.4 is 16.0 Å². The first kappa shape index (κ1) is 22.3. The normalized spacial score (nSPS) is 13.0. The van der Waals surface area contributed by atoms with Gasteiger partial charge in [0.2, 0.25) is 5.91 Å². The number of nitrogens with one attached hydrogen (secondary N) is 3. The fourth-order valence-corrected chi connectivity index (χ4v) is 1.93. The topological polar surface area (TPSA) is 70.2 Å². The zero-order valence-corrected chi connectivity index (χ0v) is 15.0. The van der Waals surface area contributed by atoms with E-state index in [1.165, 1.54) is 6.07 Å². The summed E-state index contributed by atoms with van der Waals surface area (Å²) >= 11 is 0. The molecule has 3 N–H and O–H groups in total. The van der Waals surface area contributed by atoms with Crippen LogP contribution in [0.1, 0.15) is 31.1 Å². The summed E-state index contributed by atoms with van der Waals surface area (Å²) in [5.41, 5.74) is -0.686. The summed E-state index contributed by atoms with van der Waals surface area (Å²) in [7, 11) is 1.76. The van der Waals surface area contributed by atoms with E-state index in [0.29, 0.717) is 6.54 Å². The number of likely N-dealkylation sites (N-methyl/N-ethyl adjacent to an activating group) is 1. The molecule has 0 aliphatic carbocycles. The van der Waals surface area contributed by atoms with Gasteiger partial charge in [0.05, 0.1) is 0 Å². The minimum atomic E-state index is -0.964. The van der Waals surface area contributed by atoms with Gasteiger partial charge in [-0.15, -0.1) is 12.4 Å². The molecule has 2 atom stereocenters. The van der Waals surface area contributed by atoms with E-state index in [0.717, 1.165) is 12.1 Å². The SMILES string of the molecule is CNC(C)CNC(=O)C(NC(=O)c1c(F)cccc1F)C(C)C.Cl. The van der Waals surface area contributed by atoms with Crippen LogP contribution in [0.4, 0.5) is 8.78 Å². The van der Waals surface area contributed by atoms with E-state index in [1.807, 2.05) is 6.92 Å². The first-order valence-corrected chi connectivity index (χ1v) is 7.47. The van der Waals surface area contributed by atoms with Gasteiger partial charge in [-0.05, 0) is 32.0 Å². The zero-order chi connectivity index (χ0) is 17.6. The van der Waals surface area contributed by atoms with Crippen molar-refractivity contribution < 1.29 is 18.4 Å². The third-order valence-electron chi connectivity index (χ3n) is 3.50. The van der Waals surface area contributed by atoms with E-state index in [4.69, 9.17) is 0 Å². The summed E-state index contributed by atoms with van der Waals surface area (Å²) in [4.78, 5) is 24.3. The summed E-state index contributed by atoms with van der Waals surface area (Å²) < 4.78 is 27.3. The first-order chi connectivity index (χ1) is 10.8. The molecular weight excluding hydrogens is 340 g/mol. The number of halogens is 3. The van der Waals surface area contributed by atoms with Crippen LogP contribution in [0.15, 0.2) is 18.2 Å². The number of carbonyl (C=O) groups excluding carboxylic acids is 2. The standard InChI is InChI=1S/C16H23F2N3O2.ClH/c1-9(2)14(16(23)20-8-10(3)19-4)21-15(22)13-11(17)6-5-7-12(13)18;/h5-7,9-10,14,19H,8H2,1-4H3,(H,20,23)(H,21,22);1H. The van der Waals surface area contributed by atoms with E-state index in [-0.39, 0.29) is 24.4 Å². The Kier molecular flexibility index (Phi) is 9.47. The maximum atomic E-state index is 13.6. The molecule has 2 amide bonds. The second kappa shape index (κ2) is 10.2. The Hall–Kier alpha value is -1.73. The van der Waals surface area contributed by atoms with Crippen molar-refractivity contribution >= 4 is 24.2 Å². The van der Waals surface area contributed by atoms with Crippen LogP contribution in [-0.4, -0.2) is 37.5 Å². The lowest BCUT2D eigenvalue weighted by Crippen LogP contribution is -2.51. The highest BCUT2D eigenvalue weighted by Crippen LogP contribution is 2.13. The van der Waals surface area contributed by atoms with Crippen LogP contribution in [0, 0.1) is 17.6 Å². The van der Waals surface area contributed by atoms with Crippen LogP contribution >= 0.6 is 12.4 Å². The van der Waals surface area contributed by atoms with Crippen molar-refractivity contribution in [3.8, 4) is 0 Å². The third kappa shape index (κ3) is 6.05. The summed E-state index contributed by atoms with van der Waals surface area (Å²) in [6.45, 7) is 5.74. The Morgan fingerprint density at radius 2 is 1.67 bits per heavy atom. The molecule has 5 nitrogen and oxygen atoms in total. The molecule has 0 radical (unpaired) electrons. The van der Waals surface area contributed by atoms with Gasteiger partial charge < -0.3 is 16.0 Å². The molecular formula is C16H24ClF2N3O2. The van der Waals surface area contributed by atoms with Gasteiger partial charge in [0, 0.05) is 12.6 Å². The highest BCUT2D eigenvalue weighted by molar-refractivity contribution is 5.98. The Labute approximate surface area is 147 Å². The van der Waals surface area contributed by atoms with Gasteiger partial charge in [-0.2, -0.15) is 0 Å². The Morgan fingerprint density at radius 1 is 1.12 bits per heavy atom. The highest BCUT2D eigenvalue weighted by atomic mass is 35.5. The smallest absolute Gasteiger partial charge is 0.257 e. The second-order valence-corrected chi connectivity index (χ2v) is 5.73. The van der Waals surface area contributed by atoms with Gasteiger partial charge in [-0.3, -0.25) is 9.59 Å². The second-order valence-electron chi connectivity index (χ2n) is 5.73. The Morgan fingerprint density at radius 3 is 2.12 bits per heavy atom. The van der Waals surface area contributed by atoms with Crippen LogP contribution in [0.2, 0.25) is 0 Å². The van der Waals surface area contributed by atoms with Gasteiger partial charge in [0.25, 0.3) is 5.91 Å². The predicted octanol–water partition coefficient (Wildman–Crippen LogP) is 1.87. The molecule has 0 aromatic heterocycles. The van der Waals surface area contributed by atoms with E-state index < -0.39 is 35.1 Å². The fourth-order valence-electron chi connectivity index (χ4n) is 1.93. The molecule has 136 valence electrons. The van der Waals surface area contributed by atoms with E-state index in [9.17, 15) is 18.4 Å². The predicted molar refractivity (Wildman–Crippen MR) is 91.2 cm³/mol. The monoisotopic (exact) mass is 363 g/mol. The highest BCUT2D eigenvalue weighted by Gasteiger charge is 2.27. The van der Waals surface area contributed by atoms with Gasteiger partial charge in [-0.25, -0.2) is 8.78 Å². The lowest BCUT2D eigenvalue weighted by molar-refractivity contribution is -0.124. The molecule has 1 aromatic carbocycles. The van der Waals surface area contributed by atoms with Crippen molar-refractivity contribution in [3.05, 3.63) is 35.4 Å². The molecule has 0 heterocycles. The Bertz CT molecular complexity index is 550. The molecule has 1 rings (SSSR count). The van der Waals surface area contributed by atoms with Crippen molar-refractivity contribution in [3.63, 3.8) is 0 Å². The quantitative estimate of drug-likeness (QED) is 0.692. The number of hydrogen-bond acceptors (Lipinski definition) is 3. The zero-order valence-electron chi connectivity index (χ0n) is 14.2. The maximum absolute atomic E-state index is 13.6. The molecule has 8 heteroatoms. The molecule has 0 fully saturated rings. The minimum Gasteiger partial charge on any atom is -0.353 e. The molecule has 24 heavy (non-hydrogen) atoms. The Balaban J connectivity index is 0.00000529. The molecule has 0 aliphatic rings. The number of benzene rings is 1. The number of hydrogen-bond donors (Lipinski definition) is 3. The van der Waals surface area contributed by atoms with Crippen molar-refractivity contribution in [2.24, 2.45) is 5.92 Å². The molecule has 0 aliphatic heterocycles. The summed E-state index contributed by atoms with van der Waals surface area (Å²) in [5.74, 6) is -3.51. The van der Waals surface area contributed by atoms with Crippen LogP contribution in [0.5, 0.6) is 0 Å². The van der Waals surface area contributed by atoms with Gasteiger partial charge in [-0.1, -0.05) is 19.9 Å². The van der Waals surface area contributed by atoms with E-state index in [1.54, 1.807) is 20.9 Å². The average molecular weight is 364 g/mol. The lowest BCUT2D eigenvalue weighted by Gasteiger charge is -2.23. The molecule has 2 unspecified atom stereocenters. The average Bonchev–Trinajstić information content (AvgIpc) is 2.49. The molecule has 0 saturated carbocycles. The third-order valence-corrected chi connectivity index (χ3v) is 3.50. The number of carbonyl (C=O) groups is 2. The fraction of sp³-hybridized carbons (Fsp3) is 0.500. The van der Waals surface area contributed by atoms with Gasteiger partial charge >= 0.3 is 0 Å². The maximum Gasteiger partial charge on any atom is 0.257 e. The van der Waals surface area contributed by atoms with Gasteiger partial charge in [0.1, 0.15) is 23.2 Å². The molecule has 1 aromatic rings. The van der Waals surface area contributed by atoms with Gasteiger partial charge in [0.15, 0.2) is 0 Å². The number of amides is 2. The summed E-state index contributed by atoms with van der Waals surface area (Å²) in [6.07, 6.45) is 0. The molecule has 0 spiro atoms. The van der Waals surface area contributed by atoms with E-state index in [2.05, 4.69) is 16.0 Å². The van der Waals surface area contributed by atoms with Crippen molar-refractivity contribution in [2.45, 2.75) is 32.9 Å². The van der Waals surface area contributed by atoms with Crippen molar-refractivity contribution in [1.29, 1.82) is 0 Å². The molecule has 0 saturated heterocycles. The van der Waals surface area contributed by atoms with Crippen molar-refractivity contribution in [2.75, 3.05) is 13.6 Å². The van der Waals surface area contributed by atoms with Crippen LogP contribution in [0.3, 0.4) is 0 Å². The largest absolute Gasteiger partial charge is 0.353 e. The summed E-state index contributed by atoms with van der Waals surface area (Å²) in [6, 6.07) is 2.35. The first-order valence-electron chi connectivity index (χ1n) is 7.47. The van der Waals surface area contributed by atoms with Crippen LogP contribution in [0.25, 0.3) is 0 Å². The minimum absolute atomic E-state index is 0. The summed E-state index contributed by atoms with van der Waals surface area (Å²) in [5, 5.41) is 8.07. The van der Waals surface area contributed by atoms with E-state index >= 15 is 0 Å². The lowest BCUT2D eigenvalue weighted by atomic mass is 10.0. The molecule has 0 bridgehead atoms.